The number of pyridine rings is 1. The summed E-state index contributed by atoms with van der Waals surface area (Å²) in [6, 6.07) is 8.70. The Morgan fingerprint density at radius 1 is 1.04 bits per heavy atom. The molecule has 0 atom stereocenters. The fourth-order valence-electron chi connectivity index (χ4n) is 3.20. The van der Waals surface area contributed by atoms with E-state index in [-0.39, 0.29) is 5.43 Å². The summed E-state index contributed by atoms with van der Waals surface area (Å²) in [6.07, 6.45) is 1.61. The van der Waals surface area contributed by atoms with Crippen molar-refractivity contribution in [3.05, 3.63) is 46.8 Å². The molecule has 0 aliphatic carbocycles. The first-order chi connectivity index (χ1) is 13.2. The highest BCUT2D eigenvalue weighted by molar-refractivity contribution is 5.90. The van der Waals surface area contributed by atoms with Gasteiger partial charge in [-0.05, 0) is 24.3 Å². The Morgan fingerprint density at radius 3 is 2.56 bits per heavy atom. The minimum Gasteiger partial charge on any atom is -0.493 e. The monoisotopic (exact) mass is 368 g/mol. The van der Waals surface area contributed by atoms with E-state index in [9.17, 15) is 4.79 Å². The molecule has 1 aliphatic heterocycles. The maximum Gasteiger partial charge on any atom is 0.200 e. The molecular weight excluding hydrogens is 348 g/mol. The number of anilines is 1. The minimum absolute atomic E-state index is 0.0955. The molecule has 3 heterocycles. The average molecular weight is 368 g/mol. The number of hydrogen-bond donors (Lipinski definition) is 0. The van der Waals surface area contributed by atoms with E-state index in [0.717, 1.165) is 5.56 Å². The van der Waals surface area contributed by atoms with Gasteiger partial charge in [0.15, 0.2) is 28.4 Å². The average Bonchev–Trinajstić information content (AvgIpc) is 2.73. The number of benzene rings is 1. The third kappa shape index (κ3) is 3.21. The summed E-state index contributed by atoms with van der Waals surface area (Å²) in [5.41, 5.74) is 1.72. The third-order valence-corrected chi connectivity index (χ3v) is 4.61. The Labute approximate surface area is 156 Å². The van der Waals surface area contributed by atoms with Crippen molar-refractivity contribution in [3.63, 3.8) is 0 Å². The van der Waals surface area contributed by atoms with Gasteiger partial charge in [0.2, 0.25) is 0 Å². The molecule has 0 bridgehead atoms. The first-order valence-electron chi connectivity index (χ1n) is 8.69. The van der Waals surface area contributed by atoms with Crippen LogP contribution >= 0.6 is 0 Å². The van der Waals surface area contributed by atoms with E-state index < -0.39 is 0 Å². The zero-order valence-electron chi connectivity index (χ0n) is 15.2. The van der Waals surface area contributed by atoms with Crippen LogP contribution in [0.4, 0.5) is 5.88 Å². The summed E-state index contributed by atoms with van der Waals surface area (Å²) >= 11 is 0. The predicted molar refractivity (Wildman–Crippen MR) is 102 cm³/mol. The van der Waals surface area contributed by atoms with Gasteiger partial charge in [-0.2, -0.15) is 0 Å². The van der Waals surface area contributed by atoms with Crippen molar-refractivity contribution in [3.8, 4) is 22.8 Å². The van der Waals surface area contributed by atoms with Gasteiger partial charge < -0.3 is 23.5 Å². The molecule has 27 heavy (non-hydrogen) atoms. The Kier molecular flexibility index (Phi) is 4.68. The molecule has 4 rings (SSSR count). The summed E-state index contributed by atoms with van der Waals surface area (Å²) < 4.78 is 22.2. The Morgan fingerprint density at radius 2 is 1.81 bits per heavy atom. The van der Waals surface area contributed by atoms with E-state index in [1.54, 1.807) is 32.5 Å². The highest BCUT2D eigenvalue weighted by Crippen LogP contribution is 2.34. The molecular formula is C20H20N2O5. The maximum absolute atomic E-state index is 12.7. The second kappa shape index (κ2) is 7.28. The topological polar surface area (TPSA) is 74.0 Å². The van der Waals surface area contributed by atoms with Crippen LogP contribution in [0.15, 0.2) is 45.7 Å². The highest BCUT2D eigenvalue weighted by atomic mass is 16.5. The quantitative estimate of drug-likeness (QED) is 0.701. The maximum atomic E-state index is 12.7. The van der Waals surface area contributed by atoms with Crippen LogP contribution in [0, 0.1) is 0 Å². The van der Waals surface area contributed by atoms with Crippen molar-refractivity contribution < 1.29 is 18.6 Å². The summed E-state index contributed by atoms with van der Waals surface area (Å²) in [5.74, 6) is 1.74. The lowest BCUT2D eigenvalue weighted by Gasteiger charge is -2.27. The molecule has 2 aromatic heterocycles. The summed E-state index contributed by atoms with van der Waals surface area (Å²) in [4.78, 5) is 19.1. The van der Waals surface area contributed by atoms with Gasteiger partial charge in [-0.1, -0.05) is 0 Å². The molecule has 7 nitrogen and oxygen atoms in total. The zero-order chi connectivity index (χ0) is 18.8. The second-order valence-corrected chi connectivity index (χ2v) is 6.15. The normalized spacial score (nSPS) is 14.4. The lowest BCUT2D eigenvalue weighted by Crippen LogP contribution is -2.36. The van der Waals surface area contributed by atoms with Gasteiger partial charge in [-0.25, -0.2) is 0 Å². The lowest BCUT2D eigenvalue weighted by molar-refractivity contribution is 0.121. The number of rotatable bonds is 4. The van der Waals surface area contributed by atoms with Gasteiger partial charge in [0.25, 0.3) is 0 Å². The van der Waals surface area contributed by atoms with Gasteiger partial charge in [0, 0.05) is 30.9 Å². The standard InChI is InChI=1S/C20H20N2O5/c1-24-16-4-3-13(11-17(16)25-2)19-20-14(5-6-21-19)15(23)12-18(27-20)22-7-9-26-10-8-22/h3-6,11-12H,7-10H2,1-2H3. The summed E-state index contributed by atoms with van der Waals surface area (Å²) in [5, 5.41) is 0.492. The molecule has 1 aromatic carbocycles. The molecule has 3 aromatic rings. The smallest absolute Gasteiger partial charge is 0.200 e. The van der Waals surface area contributed by atoms with Gasteiger partial charge in [-0.3, -0.25) is 9.78 Å². The Balaban J connectivity index is 1.88. The van der Waals surface area contributed by atoms with E-state index in [4.69, 9.17) is 18.6 Å². The van der Waals surface area contributed by atoms with Gasteiger partial charge in [0.1, 0.15) is 5.69 Å². The number of hydrogen-bond acceptors (Lipinski definition) is 7. The Bertz CT molecular complexity index is 1020. The van der Waals surface area contributed by atoms with Gasteiger partial charge in [-0.15, -0.1) is 0 Å². The number of fused-ring (bicyclic) bond motifs is 1. The van der Waals surface area contributed by atoms with E-state index in [1.807, 2.05) is 17.0 Å². The van der Waals surface area contributed by atoms with Crippen LogP contribution in [0.2, 0.25) is 0 Å². The molecule has 7 heteroatoms. The number of aromatic nitrogens is 1. The van der Waals surface area contributed by atoms with Crippen LogP contribution in [-0.4, -0.2) is 45.5 Å². The van der Waals surface area contributed by atoms with E-state index in [0.29, 0.717) is 60.3 Å². The van der Waals surface area contributed by atoms with Gasteiger partial charge in [0.05, 0.1) is 32.8 Å². The van der Waals surface area contributed by atoms with E-state index in [1.165, 1.54) is 6.07 Å². The molecule has 0 amide bonds. The number of ether oxygens (including phenoxy) is 3. The van der Waals surface area contributed by atoms with E-state index in [2.05, 4.69) is 4.98 Å². The molecule has 1 aliphatic rings. The molecule has 0 saturated carbocycles. The molecule has 0 unspecified atom stereocenters. The number of methoxy groups -OCH3 is 2. The third-order valence-electron chi connectivity index (χ3n) is 4.61. The van der Waals surface area contributed by atoms with Crippen molar-refractivity contribution >= 4 is 16.9 Å². The molecule has 0 radical (unpaired) electrons. The lowest BCUT2D eigenvalue weighted by atomic mass is 10.1. The predicted octanol–water partition coefficient (Wildman–Crippen LogP) is 2.71. The molecule has 1 fully saturated rings. The first-order valence-corrected chi connectivity index (χ1v) is 8.69. The van der Waals surface area contributed by atoms with Crippen molar-refractivity contribution in [1.29, 1.82) is 0 Å². The molecule has 1 saturated heterocycles. The fourth-order valence-corrected chi connectivity index (χ4v) is 3.20. The van der Waals surface area contributed by atoms with Crippen LogP contribution in [0.3, 0.4) is 0 Å². The second-order valence-electron chi connectivity index (χ2n) is 6.15. The van der Waals surface area contributed by atoms with Crippen LogP contribution < -0.4 is 19.8 Å². The van der Waals surface area contributed by atoms with Crippen molar-refractivity contribution in [1.82, 2.24) is 4.98 Å². The largest absolute Gasteiger partial charge is 0.493 e. The van der Waals surface area contributed by atoms with Crippen molar-refractivity contribution in [2.24, 2.45) is 0 Å². The highest BCUT2D eigenvalue weighted by Gasteiger charge is 2.18. The summed E-state index contributed by atoms with van der Waals surface area (Å²) in [6.45, 7) is 2.58. The zero-order valence-corrected chi connectivity index (χ0v) is 15.2. The van der Waals surface area contributed by atoms with Crippen LogP contribution in [0.5, 0.6) is 11.5 Å². The number of morpholine rings is 1. The van der Waals surface area contributed by atoms with Crippen molar-refractivity contribution in [2.75, 3.05) is 45.4 Å². The summed E-state index contributed by atoms with van der Waals surface area (Å²) in [7, 11) is 3.16. The molecule has 0 spiro atoms. The van der Waals surface area contributed by atoms with Crippen LogP contribution in [0.25, 0.3) is 22.2 Å². The minimum atomic E-state index is -0.0955. The number of nitrogens with zero attached hydrogens (tertiary/aromatic N) is 2. The van der Waals surface area contributed by atoms with Gasteiger partial charge >= 0.3 is 0 Å². The van der Waals surface area contributed by atoms with Crippen LogP contribution in [-0.2, 0) is 4.74 Å². The van der Waals surface area contributed by atoms with Crippen LogP contribution in [0.1, 0.15) is 0 Å². The molecule has 0 N–H and O–H groups in total. The van der Waals surface area contributed by atoms with Crippen molar-refractivity contribution in [2.45, 2.75) is 0 Å². The Hall–Kier alpha value is -3.06. The molecule has 140 valence electrons. The fraction of sp³-hybridized carbons (Fsp3) is 0.300. The first kappa shape index (κ1) is 17.4. The SMILES string of the molecule is COc1ccc(-c2nccc3c(=O)cc(N4CCOCC4)oc23)cc1OC. The van der Waals surface area contributed by atoms with E-state index >= 15 is 0 Å².